The fourth-order valence-corrected chi connectivity index (χ4v) is 2.63. The summed E-state index contributed by atoms with van der Waals surface area (Å²) in [7, 11) is 0. The van der Waals surface area contributed by atoms with Crippen LogP contribution in [0.1, 0.15) is 25.3 Å². The molecular weight excluding hydrogens is 390 g/mol. The summed E-state index contributed by atoms with van der Waals surface area (Å²) in [4.78, 5) is 0. The summed E-state index contributed by atoms with van der Waals surface area (Å²) in [5, 5.41) is 0. The van der Waals surface area contributed by atoms with Crippen molar-refractivity contribution >= 4 is 24.8 Å². The normalized spacial score (nSPS) is 9.59. The molecule has 0 aromatic heterocycles. The van der Waals surface area contributed by atoms with Crippen LogP contribution in [0.5, 0.6) is 0 Å². The number of benzene rings is 1. The third kappa shape index (κ3) is 4.22. The van der Waals surface area contributed by atoms with E-state index < -0.39 is 0 Å². The van der Waals surface area contributed by atoms with Gasteiger partial charge in [0.25, 0.3) is 0 Å². The summed E-state index contributed by atoms with van der Waals surface area (Å²) in [6.45, 7) is 4.49. The molecule has 114 valence electrons. The van der Waals surface area contributed by atoms with Gasteiger partial charge in [-0.25, -0.2) is 0 Å². The van der Waals surface area contributed by atoms with Gasteiger partial charge in [-0.15, -0.1) is 48.6 Å². The summed E-state index contributed by atoms with van der Waals surface area (Å²) >= 11 is 0. The van der Waals surface area contributed by atoms with Gasteiger partial charge in [-0.1, -0.05) is 55.8 Å². The molecule has 0 spiro atoms. The van der Waals surface area contributed by atoms with E-state index in [0.717, 1.165) is 0 Å². The summed E-state index contributed by atoms with van der Waals surface area (Å²) in [6, 6.07) is 24.7. The van der Waals surface area contributed by atoms with Gasteiger partial charge in [0, 0.05) is 26.2 Å². The second kappa shape index (κ2) is 9.51. The topological polar surface area (TPSA) is 0 Å². The first kappa shape index (κ1) is 21.4. The molecule has 0 heterocycles. The van der Waals surface area contributed by atoms with E-state index in [2.05, 4.69) is 74.5 Å². The summed E-state index contributed by atoms with van der Waals surface area (Å²) in [5.41, 5.74) is 6.48. The van der Waals surface area contributed by atoms with Crippen LogP contribution in [0.4, 0.5) is 0 Å². The first-order valence-electron chi connectivity index (χ1n) is 6.76. The molecule has 0 N–H and O–H groups in total. The third-order valence-electron chi connectivity index (χ3n) is 3.58. The zero-order valence-electron chi connectivity index (χ0n) is 12.7. The van der Waals surface area contributed by atoms with Crippen molar-refractivity contribution in [2.75, 3.05) is 0 Å². The number of fused-ring (bicyclic) bond motifs is 1. The molecule has 0 radical (unpaired) electrons. The minimum absolute atomic E-state index is 0. The average molecular weight is 409 g/mol. The van der Waals surface area contributed by atoms with E-state index >= 15 is 0 Å². The van der Waals surface area contributed by atoms with Crippen LogP contribution in [0.2, 0.25) is 0 Å². The van der Waals surface area contributed by atoms with Gasteiger partial charge in [0.1, 0.15) is 0 Å². The van der Waals surface area contributed by atoms with Gasteiger partial charge in [0.05, 0.1) is 0 Å². The van der Waals surface area contributed by atoms with Gasteiger partial charge in [-0.2, -0.15) is 17.7 Å². The van der Waals surface area contributed by atoms with Crippen molar-refractivity contribution in [3.05, 3.63) is 72.3 Å². The molecule has 0 unspecified atom stereocenters. The first-order valence-corrected chi connectivity index (χ1v) is 6.76. The van der Waals surface area contributed by atoms with Crippen LogP contribution in [0.15, 0.2) is 60.7 Å². The second-order valence-electron chi connectivity index (χ2n) is 5.18. The fourth-order valence-electron chi connectivity index (χ4n) is 2.63. The molecule has 0 fully saturated rings. The Kier molecular flexibility index (Phi) is 9.24. The van der Waals surface area contributed by atoms with Crippen molar-refractivity contribution in [2.24, 2.45) is 0 Å². The molecule has 1 aromatic rings. The van der Waals surface area contributed by atoms with Gasteiger partial charge in [0.15, 0.2) is 0 Å². The minimum atomic E-state index is 0. The molecule has 0 aliphatic heterocycles. The van der Waals surface area contributed by atoms with Gasteiger partial charge in [-0.05, 0) is 17.0 Å². The maximum Gasteiger partial charge on any atom is 0 e. The van der Waals surface area contributed by atoms with Crippen molar-refractivity contribution in [2.45, 2.75) is 19.8 Å². The number of hydrogen-bond donors (Lipinski definition) is 0. The number of rotatable bonds is 2. The Morgan fingerprint density at radius 3 is 2.00 bits per heavy atom. The molecule has 0 atom stereocenters. The van der Waals surface area contributed by atoms with Gasteiger partial charge < -0.3 is 0 Å². The fraction of sp³-hybridized carbons (Fsp3) is 0.158. The first-order chi connectivity index (χ1) is 9.27. The van der Waals surface area contributed by atoms with E-state index in [1.807, 2.05) is 6.07 Å². The molecule has 2 aliphatic carbocycles. The molecule has 0 nitrogen and oxygen atoms in total. The molecule has 2 aliphatic rings. The zero-order valence-corrected chi connectivity index (χ0v) is 16.8. The van der Waals surface area contributed by atoms with Crippen molar-refractivity contribution in [1.29, 1.82) is 0 Å². The van der Waals surface area contributed by atoms with Gasteiger partial charge in [-0.3, -0.25) is 0 Å². The molecule has 0 saturated carbocycles. The van der Waals surface area contributed by atoms with Crippen molar-refractivity contribution < 1.29 is 26.2 Å². The van der Waals surface area contributed by atoms with Crippen LogP contribution in [0.3, 0.4) is 0 Å². The van der Waals surface area contributed by atoms with Crippen molar-refractivity contribution in [1.82, 2.24) is 0 Å². The van der Waals surface area contributed by atoms with Crippen LogP contribution in [0.25, 0.3) is 22.3 Å². The Balaban J connectivity index is 0.00000147. The molecule has 0 saturated heterocycles. The Bertz CT molecular complexity index is 680. The maximum absolute atomic E-state index is 3.30. The third-order valence-corrected chi connectivity index (χ3v) is 3.58. The Labute approximate surface area is 164 Å². The monoisotopic (exact) mass is 407 g/mol. The maximum atomic E-state index is 3.30. The van der Waals surface area contributed by atoms with Crippen LogP contribution in [0, 0.1) is 6.07 Å². The summed E-state index contributed by atoms with van der Waals surface area (Å²) < 4.78 is 0. The summed E-state index contributed by atoms with van der Waals surface area (Å²) in [6.07, 6.45) is 0. The smallest absolute Gasteiger partial charge is 0 e. The van der Waals surface area contributed by atoms with Crippen LogP contribution in [-0.4, -0.2) is 0 Å². The van der Waals surface area contributed by atoms with Gasteiger partial charge in [0.2, 0.25) is 0 Å². The standard InChI is InChI=1S/C19H17.2ClH.Zr/c1-14(2)16-10-5-6-11-18(16)19-12-4-3-8-15-9-7-13-17(15)19;;;/h3-8,10-14H,1-2H3;2*1H;/q-1;;;. The predicted molar refractivity (Wildman–Crippen MR) is 95.9 cm³/mol. The van der Waals surface area contributed by atoms with E-state index in [0.29, 0.717) is 5.92 Å². The molecule has 0 bridgehead atoms. The molecule has 3 rings (SSSR count). The van der Waals surface area contributed by atoms with E-state index in [9.17, 15) is 0 Å². The van der Waals surface area contributed by atoms with E-state index in [-0.39, 0.29) is 51.0 Å². The quantitative estimate of drug-likeness (QED) is 0.441. The Morgan fingerprint density at radius 2 is 1.32 bits per heavy atom. The van der Waals surface area contributed by atoms with Crippen molar-refractivity contribution in [3.8, 4) is 22.3 Å². The van der Waals surface area contributed by atoms with Crippen molar-refractivity contribution in [3.63, 3.8) is 0 Å². The molecule has 22 heavy (non-hydrogen) atoms. The molecule has 1 aromatic carbocycles. The van der Waals surface area contributed by atoms with Crippen LogP contribution < -0.4 is 0 Å². The van der Waals surface area contributed by atoms with Crippen LogP contribution in [-0.2, 0) is 26.2 Å². The van der Waals surface area contributed by atoms with E-state index in [4.69, 9.17) is 0 Å². The summed E-state index contributed by atoms with van der Waals surface area (Å²) in [5.74, 6) is 0.524. The van der Waals surface area contributed by atoms with E-state index in [1.165, 1.54) is 27.8 Å². The molecule has 3 heteroatoms. The largest absolute Gasteiger partial charge is 0.168 e. The van der Waals surface area contributed by atoms with E-state index in [1.54, 1.807) is 0 Å². The number of halogens is 2. The average Bonchev–Trinajstić information content (AvgIpc) is 2.79. The predicted octanol–water partition coefficient (Wildman–Crippen LogP) is 6.22. The zero-order chi connectivity index (χ0) is 13.2. The molecule has 0 amide bonds. The Morgan fingerprint density at radius 1 is 0.727 bits per heavy atom. The number of hydrogen-bond acceptors (Lipinski definition) is 0. The molecular formula is C19H19Cl2Zr-. The van der Waals surface area contributed by atoms with Crippen LogP contribution >= 0.6 is 24.8 Å². The minimum Gasteiger partial charge on any atom is -0.168 e. The second-order valence-corrected chi connectivity index (χ2v) is 5.18. The van der Waals surface area contributed by atoms with Gasteiger partial charge >= 0.3 is 0 Å². The Hall–Kier alpha value is -0.617. The SMILES string of the molecule is CC(C)c1ccccc1-c1ccccc2[c-]ccc1-2.Cl.Cl.[Zr].